The average Bonchev–Trinajstić information content (AvgIpc) is 2.62. The Morgan fingerprint density at radius 3 is 2.27 bits per heavy atom. The first-order valence-electron chi connectivity index (χ1n) is 7.66. The maximum atomic E-state index is 4.95. The van der Waals surface area contributed by atoms with E-state index in [0.29, 0.717) is 0 Å². The van der Waals surface area contributed by atoms with Gasteiger partial charge in [0, 0.05) is 11.6 Å². The van der Waals surface area contributed by atoms with Gasteiger partial charge < -0.3 is 0 Å². The second-order valence-corrected chi connectivity index (χ2v) is 5.62. The number of hydrogen-bond donors (Lipinski definition) is 0. The quantitative estimate of drug-likeness (QED) is 0.734. The molecule has 4 rings (SSSR count). The molecule has 1 heterocycles. The van der Waals surface area contributed by atoms with E-state index in [4.69, 9.17) is 4.99 Å². The first-order chi connectivity index (χ1) is 10.9. The molecule has 2 aromatic carbocycles. The highest BCUT2D eigenvalue weighted by Gasteiger charge is 2.25. The summed E-state index contributed by atoms with van der Waals surface area (Å²) < 4.78 is 0. The molecular formula is C21H17N. The maximum Gasteiger partial charge on any atom is 0.0940 e. The summed E-state index contributed by atoms with van der Waals surface area (Å²) in [5.74, 6) is 0.271. The molecule has 0 bridgehead atoms. The lowest BCUT2D eigenvalue weighted by Gasteiger charge is -2.27. The van der Waals surface area contributed by atoms with Crippen molar-refractivity contribution in [3.05, 3.63) is 102 Å². The number of fused-ring (bicyclic) bond motifs is 1. The van der Waals surface area contributed by atoms with Gasteiger partial charge in [0.05, 0.1) is 6.04 Å². The maximum absolute atomic E-state index is 4.95. The van der Waals surface area contributed by atoms with Crippen molar-refractivity contribution in [2.24, 2.45) is 10.9 Å². The Labute approximate surface area is 131 Å². The topological polar surface area (TPSA) is 12.4 Å². The lowest BCUT2D eigenvalue weighted by atomic mass is 9.82. The van der Waals surface area contributed by atoms with Crippen molar-refractivity contribution in [3.63, 3.8) is 0 Å². The normalized spacial score (nSPS) is 22.7. The molecule has 1 aliphatic heterocycles. The third-order valence-electron chi connectivity index (χ3n) is 4.21. The van der Waals surface area contributed by atoms with E-state index in [1.54, 1.807) is 0 Å². The minimum absolute atomic E-state index is 0.0961. The standard InChI is InChI=1S/C21H17N/c1-3-9-16(10-4-1)19-15-21(17-11-5-2-6-12-17)22-20-14-8-7-13-18(19)20/h1-15,18,21H. The molecule has 0 aromatic heterocycles. The Balaban J connectivity index is 1.82. The van der Waals surface area contributed by atoms with Crippen molar-refractivity contribution in [2.75, 3.05) is 0 Å². The van der Waals surface area contributed by atoms with Crippen LogP contribution in [0, 0.1) is 5.92 Å². The molecule has 2 atom stereocenters. The summed E-state index contributed by atoms with van der Waals surface area (Å²) in [6.45, 7) is 0. The number of dihydropyridines is 1. The molecule has 0 saturated heterocycles. The Hall–Kier alpha value is -2.67. The molecule has 106 valence electrons. The molecule has 1 nitrogen and oxygen atoms in total. The summed E-state index contributed by atoms with van der Waals surface area (Å²) in [5, 5.41) is 0. The summed E-state index contributed by atoms with van der Waals surface area (Å²) >= 11 is 0. The van der Waals surface area contributed by atoms with Crippen LogP contribution in [0.2, 0.25) is 0 Å². The summed E-state index contributed by atoms with van der Waals surface area (Å²) in [7, 11) is 0. The highest BCUT2D eigenvalue weighted by Crippen LogP contribution is 2.37. The molecule has 0 N–H and O–H groups in total. The van der Waals surface area contributed by atoms with Gasteiger partial charge in [0.1, 0.15) is 0 Å². The smallest absolute Gasteiger partial charge is 0.0940 e. The molecule has 0 spiro atoms. The summed E-state index contributed by atoms with van der Waals surface area (Å²) in [6, 6.07) is 21.2. The Morgan fingerprint density at radius 2 is 1.50 bits per heavy atom. The van der Waals surface area contributed by atoms with Gasteiger partial charge in [-0.1, -0.05) is 85.0 Å². The number of nitrogens with zero attached hydrogens (tertiary/aromatic N) is 1. The van der Waals surface area contributed by atoms with Gasteiger partial charge in [-0.05, 0) is 22.8 Å². The van der Waals surface area contributed by atoms with Crippen molar-refractivity contribution < 1.29 is 0 Å². The van der Waals surface area contributed by atoms with Crippen LogP contribution in [0.1, 0.15) is 17.2 Å². The molecule has 2 unspecified atom stereocenters. The first-order valence-corrected chi connectivity index (χ1v) is 7.66. The molecular weight excluding hydrogens is 266 g/mol. The minimum atomic E-state index is 0.0961. The number of hydrogen-bond acceptors (Lipinski definition) is 1. The summed E-state index contributed by atoms with van der Waals surface area (Å²) in [4.78, 5) is 4.95. The van der Waals surface area contributed by atoms with Crippen LogP contribution in [0.3, 0.4) is 0 Å². The van der Waals surface area contributed by atoms with Crippen molar-refractivity contribution in [2.45, 2.75) is 6.04 Å². The van der Waals surface area contributed by atoms with Crippen LogP contribution in [0.25, 0.3) is 5.57 Å². The van der Waals surface area contributed by atoms with Crippen LogP contribution in [-0.2, 0) is 0 Å². The first kappa shape index (κ1) is 13.0. The predicted molar refractivity (Wildman–Crippen MR) is 92.8 cm³/mol. The van der Waals surface area contributed by atoms with E-state index in [1.165, 1.54) is 16.7 Å². The fourth-order valence-corrected chi connectivity index (χ4v) is 3.12. The van der Waals surface area contributed by atoms with Crippen molar-refractivity contribution in [3.8, 4) is 0 Å². The molecule has 0 radical (unpaired) electrons. The van der Waals surface area contributed by atoms with Gasteiger partial charge in [-0.25, -0.2) is 0 Å². The van der Waals surface area contributed by atoms with Crippen molar-refractivity contribution in [1.29, 1.82) is 0 Å². The van der Waals surface area contributed by atoms with E-state index in [-0.39, 0.29) is 12.0 Å². The second kappa shape index (κ2) is 5.61. The third kappa shape index (κ3) is 2.35. The number of allylic oxidation sites excluding steroid dienone is 5. The van der Waals surface area contributed by atoms with Crippen LogP contribution in [-0.4, -0.2) is 5.71 Å². The van der Waals surface area contributed by atoms with Gasteiger partial charge in [0.15, 0.2) is 0 Å². The third-order valence-corrected chi connectivity index (χ3v) is 4.21. The van der Waals surface area contributed by atoms with E-state index < -0.39 is 0 Å². The molecule has 22 heavy (non-hydrogen) atoms. The molecule has 0 fully saturated rings. The highest BCUT2D eigenvalue weighted by atomic mass is 14.8. The zero-order chi connectivity index (χ0) is 14.8. The SMILES string of the molecule is C1=CC2=NC(c3ccccc3)C=C(c3ccccc3)C2C=C1. The fraction of sp³-hybridized carbons (Fsp3) is 0.0952. The number of aliphatic imine (C=N–C) groups is 1. The number of benzene rings is 2. The van der Waals surface area contributed by atoms with E-state index in [2.05, 4.69) is 85.0 Å². The van der Waals surface area contributed by atoms with Gasteiger partial charge in [-0.3, -0.25) is 4.99 Å². The van der Waals surface area contributed by atoms with Gasteiger partial charge in [0.2, 0.25) is 0 Å². The molecule has 2 aliphatic rings. The molecule has 0 amide bonds. The Morgan fingerprint density at radius 1 is 0.773 bits per heavy atom. The average molecular weight is 283 g/mol. The van der Waals surface area contributed by atoms with E-state index in [9.17, 15) is 0 Å². The van der Waals surface area contributed by atoms with Gasteiger partial charge in [-0.2, -0.15) is 0 Å². The lowest BCUT2D eigenvalue weighted by molar-refractivity contribution is 0.870. The number of rotatable bonds is 2. The highest BCUT2D eigenvalue weighted by molar-refractivity contribution is 6.08. The Bertz CT molecular complexity index is 779. The Kier molecular flexibility index (Phi) is 3.32. The fourth-order valence-electron chi connectivity index (χ4n) is 3.12. The van der Waals surface area contributed by atoms with Crippen LogP contribution in [0.5, 0.6) is 0 Å². The van der Waals surface area contributed by atoms with E-state index in [0.717, 1.165) is 5.71 Å². The molecule has 2 aromatic rings. The van der Waals surface area contributed by atoms with Crippen LogP contribution >= 0.6 is 0 Å². The zero-order valence-corrected chi connectivity index (χ0v) is 12.3. The van der Waals surface area contributed by atoms with Gasteiger partial charge in [-0.15, -0.1) is 0 Å². The molecule has 1 aliphatic carbocycles. The largest absolute Gasteiger partial charge is 0.277 e. The van der Waals surface area contributed by atoms with Gasteiger partial charge >= 0.3 is 0 Å². The summed E-state index contributed by atoms with van der Waals surface area (Å²) in [6.07, 6.45) is 10.9. The van der Waals surface area contributed by atoms with Gasteiger partial charge in [0.25, 0.3) is 0 Å². The lowest BCUT2D eigenvalue weighted by Crippen LogP contribution is -2.19. The van der Waals surface area contributed by atoms with Crippen LogP contribution < -0.4 is 0 Å². The molecule has 0 saturated carbocycles. The van der Waals surface area contributed by atoms with Crippen molar-refractivity contribution >= 4 is 11.3 Å². The second-order valence-electron chi connectivity index (χ2n) is 5.62. The van der Waals surface area contributed by atoms with E-state index >= 15 is 0 Å². The minimum Gasteiger partial charge on any atom is -0.277 e. The van der Waals surface area contributed by atoms with E-state index in [1.807, 2.05) is 6.07 Å². The summed E-state index contributed by atoms with van der Waals surface area (Å²) in [5.41, 5.74) is 5.02. The monoisotopic (exact) mass is 283 g/mol. The predicted octanol–water partition coefficient (Wildman–Crippen LogP) is 5.01. The van der Waals surface area contributed by atoms with Crippen LogP contribution in [0.15, 0.2) is 96.0 Å². The van der Waals surface area contributed by atoms with Crippen LogP contribution in [0.4, 0.5) is 0 Å². The van der Waals surface area contributed by atoms with Crippen molar-refractivity contribution in [1.82, 2.24) is 0 Å². The zero-order valence-electron chi connectivity index (χ0n) is 12.3. The molecule has 1 heteroatoms.